The minimum absolute atomic E-state index is 0.167. The van der Waals surface area contributed by atoms with Crippen LogP contribution in [0.1, 0.15) is 65.8 Å². The number of carbonyl (C=O) groups excluding carboxylic acids is 1. The summed E-state index contributed by atoms with van der Waals surface area (Å²) in [5, 5.41) is 0. The monoisotopic (exact) mass is 482 g/mol. The molecule has 0 aliphatic heterocycles. The van der Waals surface area contributed by atoms with E-state index in [-0.39, 0.29) is 5.78 Å². The summed E-state index contributed by atoms with van der Waals surface area (Å²) >= 11 is 0. The maximum atomic E-state index is 13.3. The third-order valence-electron chi connectivity index (χ3n) is 4.53. The number of aromatic amines is 1. The molecule has 0 saturated heterocycles. The number of aromatic nitrogens is 4. The predicted molar refractivity (Wildman–Crippen MR) is 139 cm³/mol. The Morgan fingerprint density at radius 3 is 2.09 bits per heavy atom. The normalized spacial score (nSPS) is 9.71. The molecular formula is C28H36F2N4O. The Morgan fingerprint density at radius 1 is 0.886 bits per heavy atom. The smallest absolute Gasteiger partial charge is 0.177 e. The lowest BCUT2D eigenvalue weighted by Gasteiger charge is -2.00. The van der Waals surface area contributed by atoms with E-state index in [4.69, 9.17) is 0 Å². The summed E-state index contributed by atoms with van der Waals surface area (Å²) in [7, 11) is 0. The topological polar surface area (TPSA) is 71.5 Å². The van der Waals surface area contributed by atoms with Gasteiger partial charge in [-0.05, 0) is 61.7 Å². The maximum absolute atomic E-state index is 13.3. The summed E-state index contributed by atoms with van der Waals surface area (Å²) in [6, 6.07) is 9.78. The molecule has 3 aromatic heterocycles. The lowest BCUT2D eigenvalue weighted by Crippen LogP contribution is -1.95. The number of H-pyrrole nitrogens is 1. The molecular weight excluding hydrogens is 446 g/mol. The molecule has 0 amide bonds. The van der Waals surface area contributed by atoms with Gasteiger partial charge in [-0.2, -0.15) is 0 Å². The van der Waals surface area contributed by atoms with E-state index in [0.29, 0.717) is 18.5 Å². The third-order valence-corrected chi connectivity index (χ3v) is 4.53. The number of halogens is 2. The minimum Gasteiger partial charge on any atom is -0.341 e. The second-order valence-corrected chi connectivity index (χ2v) is 7.67. The van der Waals surface area contributed by atoms with E-state index < -0.39 is 11.6 Å². The SMILES string of the molecule is CC.CC(C)=O.CCCC.Fc1ccc(CCc2nc3ncc(-c4ccncc4)cc3[nH]2)cc1F. The number of benzene rings is 1. The first-order valence-electron chi connectivity index (χ1n) is 12.0. The average molecular weight is 483 g/mol. The summed E-state index contributed by atoms with van der Waals surface area (Å²) in [6.45, 7) is 11.4. The third kappa shape index (κ3) is 10.5. The fourth-order valence-electron chi connectivity index (χ4n) is 2.73. The van der Waals surface area contributed by atoms with Crippen LogP contribution < -0.4 is 0 Å². The van der Waals surface area contributed by atoms with Gasteiger partial charge in [-0.15, -0.1) is 0 Å². The van der Waals surface area contributed by atoms with E-state index in [0.717, 1.165) is 34.1 Å². The number of carbonyl (C=O) groups is 1. The van der Waals surface area contributed by atoms with Crippen LogP contribution in [0.4, 0.5) is 8.78 Å². The molecule has 1 aromatic carbocycles. The molecule has 4 aromatic rings. The van der Waals surface area contributed by atoms with E-state index in [1.165, 1.54) is 32.8 Å². The van der Waals surface area contributed by atoms with Crippen LogP contribution >= 0.6 is 0 Å². The number of Topliss-reactive ketones (excluding diaryl/α,β-unsaturated/α-hetero) is 1. The molecule has 0 unspecified atom stereocenters. The molecule has 0 fully saturated rings. The van der Waals surface area contributed by atoms with Gasteiger partial charge < -0.3 is 9.78 Å². The van der Waals surface area contributed by atoms with Gasteiger partial charge in [-0.25, -0.2) is 18.7 Å². The number of ketones is 1. The fourth-order valence-corrected chi connectivity index (χ4v) is 2.73. The Hall–Kier alpha value is -3.48. The van der Waals surface area contributed by atoms with Gasteiger partial charge in [-0.1, -0.05) is 46.6 Å². The molecule has 0 spiro atoms. The highest BCUT2D eigenvalue weighted by molar-refractivity contribution is 5.77. The van der Waals surface area contributed by atoms with Crippen LogP contribution in [0.3, 0.4) is 0 Å². The van der Waals surface area contributed by atoms with Gasteiger partial charge in [0.15, 0.2) is 17.3 Å². The van der Waals surface area contributed by atoms with Gasteiger partial charge in [0, 0.05) is 30.6 Å². The molecule has 0 aliphatic carbocycles. The van der Waals surface area contributed by atoms with Crippen molar-refractivity contribution in [3.63, 3.8) is 0 Å². The van der Waals surface area contributed by atoms with E-state index in [9.17, 15) is 13.6 Å². The van der Waals surface area contributed by atoms with Crippen LogP contribution in [0.15, 0.2) is 55.0 Å². The molecule has 5 nitrogen and oxygen atoms in total. The number of nitrogens with one attached hydrogen (secondary N) is 1. The number of aryl methyl sites for hydroxylation is 2. The van der Waals surface area contributed by atoms with Gasteiger partial charge >= 0.3 is 0 Å². The lowest BCUT2D eigenvalue weighted by atomic mass is 10.1. The molecule has 0 bridgehead atoms. The molecule has 0 radical (unpaired) electrons. The Kier molecular flexibility index (Phi) is 13.7. The molecule has 35 heavy (non-hydrogen) atoms. The first-order chi connectivity index (χ1) is 16.8. The summed E-state index contributed by atoms with van der Waals surface area (Å²) in [5.41, 5.74) is 4.21. The quantitative estimate of drug-likeness (QED) is 0.319. The zero-order valence-corrected chi connectivity index (χ0v) is 21.5. The Labute approximate surface area is 207 Å². The van der Waals surface area contributed by atoms with E-state index in [1.807, 2.05) is 32.0 Å². The lowest BCUT2D eigenvalue weighted by molar-refractivity contribution is -0.114. The van der Waals surface area contributed by atoms with Gasteiger partial charge in [0.1, 0.15) is 11.6 Å². The van der Waals surface area contributed by atoms with Gasteiger partial charge in [-0.3, -0.25) is 4.98 Å². The van der Waals surface area contributed by atoms with Crippen LogP contribution in [-0.4, -0.2) is 25.7 Å². The predicted octanol–water partition coefficient (Wildman–Crippen LogP) is 7.51. The number of hydrogen-bond acceptors (Lipinski definition) is 4. The number of nitrogens with zero attached hydrogens (tertiary/aromatic N) is 3. The number of rotatable bonds is 5. The number of pyridine rings is 2. The maximum Gasteiger partial charge on any atom is 0.177 e. The Bertz CT molecular complexity index is 1150. The molecule has 1 N–H and O–H groups in total. The first-order valence-corrected chi connectivity index (χ1v) is 12.0. The number of fused-ring (bicyclic) bond motifs is 1. The van der Waals surface area contributed by atoms with Crippen molar-refractivity contribution in [3.05, 3.63) is 78.0 Å². The molecule has 7 heteroatoms. The van der Waals surface area contributed by atoms with Crippen molar-refractivity contribution in [2.24, 2.45) is 0 Å². The highest BCUT2D eigenvalue weighted by Gasteiger charge is 2.08. The first kappa shape index (κ1) is 29.6. The molecule has 0 atom stereocenters. The molecule has 0 saturated carbocycles. The second-order valence-electron chi connectivity index (χ2n) is 7.67. The van der Waals surface area contributed by atoms with E-state index in [1.54, 1.807) is 24.7 Å². The van der Waals surface area contributed by atoms with E-state index in [2.05, 4.69) is 33.8 Å². The summed E-state index contributed by atoms with van der Waals surface area (Å²) in [5.74, 6) is -0.731. The van der Waals surface area contributed by atoms with Crippen molar-refractivity contribution < 1.29 is 13.6 Å². The molecule has 3 heterocycles. The zero-order chi connectivity index (χ0) is 26.2. The van der Waals surface area contributed by atoms with Crippen LogP contribution in [0.25, 0.3) is 22.3 Å². The van der Waals surface area contributed by atoms with Crippen molar-refractivity contribution in [1.82, 2.24) is 19.9 Å². The minimum atomic E-state index is -0.833. The van der Waals surface area contributed by atoms with Gasteiger partial charge in [0.2, 0.25) is 0 Å². The summed E-state index contributed by atoms with van der Waals surface area (Å²) in [4.78, 5) is 25.5. The van der Waals surface area contributed by atoms with Crippen LogP contribution in [0, 0.1) is 11.6 Å². The average Bonchev–Trinajstić information content (AvgIpc) is 3.28. The van der Waals surface area contributed by atoms with Gasteiger partial charge in [0.25, 0.3) is 0 Å². The number of unbranched alkanes of at least 4 members (excludes halogenated alkanes) is 1. The molecule has 4 rings (SSSR count). The number of hydrogen-bond donors (Lipinski definition) is 1. The number of imidazole rings is 1. The highest BCUT2D eigenvalue weighted by atomic mass is 19.2. The summed E-state index contributed by atoms with van der Waals surface area (Å²) < 4.78 is 26.2. The largest absolute Gasteiger partial charge is 0.341 e. The van der Waals surface area contributed by atoms with Crippen LogP contribution in [-0.2, 0) is 17.6 Å². The standard InChI is InChI=1S/C19H14F2N4.C4H10.C3H6O.C2H6/c20-15-3-1-12(9-16(15)21)2-4-18-24-17-10-14(11-23-19(17)25-18)13-5-7-22-8-6-13;1-3-4-2;1-3(2)4;1-2/h1,3,5-11H,2,4H2,(H,23,24,25);3-4H2,1-2H3;1-2H3;1-2H3. The summed E-state index contributed by atoms with van der Waals surface area (Å²) in [6.07, 6.45) is 9.04. The Morgan fingerprint density at radius 2 is 1.51 bits per heavy atom. The molecule has 188 valence electrons. The van der Waals surface area contributed by atoms with Crippen LogP contribution in [0.5, 0.6) is 0 Å². The Balaban J connectivity index is 0.000000529. The van der Waals surface area contributed by atoms with E-state index >= 15 is 0 Å². The van der Waals surface area contributed by atoms with Crippen molar-refractivity contribution in [1.29, 1.82) is 0 Å². The van der Waals surface area contributed by atoms with Crippen LogP contribution in [0.2, 0.25) is 0 Å². The zero-order valence-electron chi connectivity index (χ0n) is 21.5. The molecule has 0 aliphatic rings. The fraction of sp³-hybridized carbons (Fsp3) is 0.357. The second kappa shape index (κ2) is 16.2. The van der Waals surface area contributed by atoms with Crippen molar-refractivity contribution >= 4 is 16.9 Å². The van der Waals surface area contributed by atoms with Crippen molar-refractivity contribution in [3.8, 4) is 11.1 Å². The highest BCUT2D eigenvalue weighted by Crippen LogP contribution is 2.21. The van der Waals surface area contributed by atoms with Crippen molar-refractivity contribution in [2.75, 3.05) is 0 Å². The van der Waals surface area contributed by atoms with Crippen molar-refractivity contribution in [2.45, 2.75) is 67.2 Å². The van der Waals surface area contributed by atoms with Gasteiger partial charge in [0.05, 0.1) is 5.52 Å².